The lowest BCUT2D eigenvalue weighted by Crippen LogP contribution is -2.03. The number of rotatable bonds is 6. The molecule has 1 aliphatic rings. The van der Waals surface area contributed by atoms with Crippen LogP contribution < -0.4 is 14.2 Å². The molecule has 3 aromatic rings. The number of methoxy groups -OCH3 is 3. The van der Waals surface area contributed by atoms with Crippen molar-refractivity contribution in [2.75, 3.05) is 21.3 Å². The van der Waals surface area contributed by atoms with Gasteiger partial charge in [-0.15, -0.1) is 0 Å². The van der Waals surface area contributed by atoms with Gasteiger partial charge < -0.3 is 23.5 Å². The SMILES string of the molecule is CCn1cc(C2C=C(c3ccccc3Cl)C(=O)O2)c2c(OC)c(OC)c(OC)cc21. The Labute approximate surface area is 179 Å². The second kappa shape index (κ2) is 7.95. The number of halogens is 1. The number of aromatic nitrogens is 1. The van der Waals surface area contributed by atoms with Gasteiger partial charge in [0.15, 0.2) is 11.5 Å². The fourth-order valence-electron chi connectivity index (χ4n) is 3.89. The van der Waals surface area contributed by atoms with Crippen LogP contribution >= 0.6 is 11.6 Å². The summed E-state index contributed by atoms with van der Waals surface area (Å²) < 4.78 is 24.6. The molecule has 1 aliphatic heterocycles. The van der Waals surface area contributed by atoms with Crippen LogP contribution in [0.2, 0.25) is 5.02 Å². The van der Waals surface area contributed by atoms with Crippen molar-refractivity contribution in [3.63, 3.8) is 0 Å². The molecule has 0 N–H and O–H groups in total. The van der Waals surface area contributed by atoms with E-state index in [2.05, 4.69) is 4.57 Å². The van der Waals surface area contributed by atoms with Crippen LogP contribution in [0.3, 0.4) is 0 Å². The van der Waals surface area contributed by atoms with Gasteiger partial charge in [0.2, 0.25) is 5.75 Å². The molecule has 30 heavy (non-hydrogen) atoms. The topological polar surface area (TPSA) is 58.9 Å². The maximum Gasteiger partial charge on any atom is 0.339 e. The number of ether oxygens (including phenoxy) is 4. The summed E-state index contributed by atoms with van der Waals surface area (Å²) in [6.07, 6.45) is 3.19. The molecule has 0 spiro atoms. The lowest BCUT2D eigenvalue weighted by atomic mass is 10.0. The molecule has 0 saturated carbocycles. The van der Waals surface area contributed by atoms with Gasteiger partial charge in [0.25, 0.3) is 0 Å². The van der Waals surface area contributed by atoms with Crippen LogP contribution in [0, 0.1) is 0 Å². The van der Waals surface area contributed by atoms with Gasteiger partial charge in [-0.1, -0.05) is 29.8 Å². The first-order chi connectivity index (χ1) is 14.5. The average Bonchev–Trinajstić information content (AvgIpc) is 3.32. The van der Waals surface area contributed by atoms with E-state index in [0.29, 0.717) is 33.4 Å². The molecule has 1 unspecified atom stereocenters. The third-order valence-electron chi connectivity index (χ3n) is 5.29. The summed E-state index contributed by atoms with van der Waals surface area (Å²) in [6, 6.07) is 9.12. The molecule has 1 atom stereocenters. The van der Waals surface area contributed by atoms with Gasteiger partial charge in [0, 0.05) is 35.0 Å². The van der Waals surface area contributed by atoms with Gasteiger partial charge in [-0.05, 0) is 19.1 Å². The van der Waals surface area contributed by atoms with E-state index in [1.54, 1.807) is 33.5 Å². The van der Waals surface area contributed by atoms with Crippen molar-refractivity contribution >= 4 is 34.0 Å². The van der Waals surface area contributed by atoms with Crippen LogP contribution in [0.1, 0.15) is 24.2 Å². The zero-order valence-electron chi connectivity index (χ0n) is 17.2. The molecule has 0 amide bonds. The molecule has 0 bridgehead atoms. The number of benzene rings is 2. The van der Waals surface area contributed by atoms with Gasteiger partial charge in [-0.3, -0.25) is 0 Å². The van der Waals surface area contributed by atoms with Crippen LogP contribution in [0.25, 0.3) is 16.5 Å². The third-order valence-corrected chi connectivity index (χ3v) is 5.62. The van der Waals surface area contributed by atoms with Crippen molar-refractivity contribution in [1.29, 1.82) is 0 Å². The van der Waals surface area contributed by atoms with Crippen molar-refractivity contribution in [2.45, 2.75) is 19.6 Å². The summed E-state index contributed by atoms with van der Waals surface area (Å²) in [6.45, 7) is 2.76. The summed E-state index contributed by atoms with van der Waals surface area (Å²) in [7, 11) is 4.73. The maximum absolute atomic E-state index is 12.7. The molecule has 2 heterocycles. The molecule has 0 saturated heterocycles. The minimum Gasteiger partial charge on any atom is -0.493 e. The van der Waals surface area contributed by atoms with Crippen molar-refractivity contribution in [2.24, 2.45) is 0 Å². The summed E-state index contributed by atoms with van der Waals surface area (Å²) in [5.74, 6) is 1.17. The molecule has 4 rings (SSSR count). The Balaban J connectivity index is 1.93. The summed E-state index contributed by atoms with van der Waals surface area (Å²) in [4.78, 5) is 12.7. The van der Waals surface area contributed by atoms with Gasteiger partial charge in [0.05, 0.1) is 37.8 Å². The first kappa shape index (κ1) is 20.2. The highest BCUT2D eigenvalue weighted by Crippen LogP contribution is 2.48. The number of aryl methyl sites for hydroxylation is 1. The molecule has 7 heteroatoms. The number of hydrogen-bond donors (Lipinski definition) is 0. The standard InChI is InChI=1S/C23H22ClNO5/c1-5-25-12-15(20-17(25)11-19(27-2)21(28-3)22(20)29-4)18-10-14(23(26)30-18)13-8-6-7-9-16(13)24/h6-12,18H,5H2,1-4H3. The molecule has 0 fully saturated rings. The predicted octanol–water partition coefficient (Wildman–Crippen LogP) is 5.02. The fourth-order valence-corrected chi connectivity index (χ4v) is 4.13. The predicted molar refractivity (Wildman–Crippen MR) is 116 cm³/mol. The second-order valence-electron chi connectivity index (χ2n) is 6.80. The van der Waals surface area contributed by atoms with Crippen LogP contribution in [-0.2, 0) is 16.1 Å². The zero-order valence-corrected chi connectivity index (χ0v) is 17.9. The number of fused-ring (bicyclic) bond motifs is 1. The van der Waals surface area contributed by atoms with E-state index < -0.39 is 12.1 Å². The van der Waals surface area contributed by atoms with E-state index in [1.165, 1.54) is 0 Å². The lowest BCUT2D eigenvalue weighted by molar-refractivity contribution is -0.137. The Kier molecular flexibility index (Phi) is 5.35. The Morgan fingerprint density at radius 2 is 1.83 bits per heavy atom. The normalized spacial score (nSPS) is 15.8. The number of esters is 1. The van der Waals surface area contributed by atoms with Crippen molar-refractivity contribution in [3.05, 3.63) is 58.8 Å². The summed E-state index contributed by atoms with van der Waals surface area (Å²) in [5.41, 5.74) is 2.80. The maximum atomic E-state index is 12.7. The summed E-state index contributed by atoms with van der Waals surface area (Å²) in [5, 5.41) is 1.31. The Morgan fingerprint density at radius 3 is 2.47 bits per heavy atom. The van der Waals surface area contributed by atoms with Crippen molar-refractivity contribution < 1.29 is 23.7 Å². The van der Waals surface area contributed by atoms with E-state index >= 15 is 0 Å². The number of carbonyl (C=O) groups excluding carboxylic acids is 1. The van der Waals surface area contributed by atoms with Crippen molar-refractivity contribution in [1.82, 2.24) is 4.57 Å². The highest BCUT2D eigenvalue weighted by Gasteiger charge is 2.33. The van der Waals surface area contributed by atoms with Gasteiger partial charge >= 0.3 is 5.97 Å². The molecule has 6 nitrogen and oxygen atoms in total. The largest absolute Gasteiger partial charge is 0.493 e. The quantitative estimate of drug-likeness (QED) is 0.517. The zero-order chi connectivity index (χ0) is 21.4. The van der Waals surface area contributed by atoms with E-state index in [4.69, 9.17) is 30.5 Å². The van der Waals surface area contributed by atoms with Gasteiger partial charge in [-0.25, -0.2) is 4.79 Å². The molecule has 1 aromatic heterocycles. The molecule has 156 valence electrons. The Morgan fingerprint density at radius 1 is 1.10 bits per heavy atom. The van der Waals surface area contributed by atoms with E-state index in [-0.39, 0.29) is 0 Å². The first-order valence-corrected chi connectivity index (χ1v) is 9.91. The van der Waals surface area contributed by atoms with Crippen molar-refractivity contribution in [3.8, 4) is 17.2 Å². The highest BCUT2D eigenvalue weighted by molar-refractivity contribution is 6.34. The minimum atomic E-state index is -0.578. The summed E-state index contributed by atoms with van der Waals surface area (Å²) >= 11 is 6.30. The molecular formula is C23H22ClNO5. The van der Waals surface area contributed by atoms with Crippen LogP contribution in [0.15, 0.2) is 42.6 Å². The van der Waals surface area contributed by atoms with Crippen LogP contribution in [0.5, 0.6) is 17.2 Å². The van der Waals surface area contributed by atoms with Crippen LogP contribution in [-0.4, -0.2) is 31.9 Å². The molecular weight excluding hydrogens is 406 g/mol. The van der Waals surface area contributed by atoms with E-state index in [9.17, 15) is 4.79 Å². The first-order valence-electron chi connectivity index (χ1n) is 9.53. The number of nitrogens with zero attached hydrogens (tertiary/aromatic N) is 1. The molecule has 2 aromatic carbocycles. The minimum absolute atomic E-state index is 0.412. The number of cyclic esters (lactones) is 1. The lowest BCUT2D eigenvalue weighted by Gasteiger charge is -2.15. The van der Waals surface area contributed by atoms with Gasteiger partial charge in [-0.2, -0.15) is 0 Å². The average molecular weight is 428 g/mol. The molecule has 0 radical (unpaired) electrons. The third kappa shape index (κ3) is 3.08. The Hall–Kier alpha value is -3.12. The number of carbonyl (C=O) groups is 1. The fraction of sp³-hybridized carbons (Fsp3) is 0.261. The Bertz CT molecular complexity index is 1160. The van der Waals surface area contributed by atoms with Gasteiger partial charge in [0.1, 0.15) is 6.10 Å². The highest BCUT2D eigenvalue weighted by atomic mass is 35.5. The number of hydrogen-bond acceptors (Lipinski definition) is 5. The van der Waals surface area contributed by atoms with E-state index in [0.717, 1.165) is 23.0 Å². The second-order valence-corrected chi connectivity index (χ2v) is 7.20. The van der Waals surface area contributed by atoms with E-state index in [1.807, 2.05) is 37.4 Å². The smallest absolute Gasteiger partial charge is 0.339 e. The van der Waals surface area contributed by atoms with Crippen LogP contribution in [0.4, 0.5) is 0 Å². The molecule has 0 aliphatic carbocycles. The monoisotopic (exact) mass is 427 g/mol.